The first kappa shape index (κ1) is 11.3. The predicted octanol–water partition coefficient (Wildman–Crippen LogP) is 3.10. The summed E-state index contributed by atoms with van der Waals surface area (Å²) in [6.07, 6.45) is 1.11. The van der Waals surface area contributed by atoms with E-state index in [0.717, 1.165) is 13.0 Å². The topological polar surface area (TPSA) is 12.0 Å². The van der Waals surface area contributed by atoms with Crippen molar-refractivity contribution in [3.8, 4) is 0 Å². The Morgan fingerprint density at radius 1 is 1.25 bits per heavy atom. The van der Waals surface area contributed by atoms with Crippen LogP contribution in [0.5, 0.6) is 0 Å². The second-order valence-electron chi connectivity index (χ2n) is 2.58. The van der Waals surface area contributed by atoms with Crippen molar-refractivity contribution in [2.45, 2.75) is 20.3 Å². The number of hydrogen-bond acceptors (Lipinski definition) is 1. The summed E-state index contributed by atoms with van der Waals surface area (Å²) in [5.74, 6) is 0. The highest BCUT2D eigenvalue weighted by atomic mass is 35.5. The van der Waals surface area contributed by atoms with Gasteiger partial charge in [0.2, 0.25) is 0 Å². The van der Waals surface area contributed by atoms with E-state index in [9.17, 15) is 0 Å². The molecular weight excluding hydrogens is 170 g/mol. The minimum Gasteiger partial charge on any atom is -0.385 e. The van der Waals surface area contributed by atoms with Crippen molar-refractivity contribution >= 4 is 18.1 Å². The van der Waals surface area contributed by atoms with Crippen LogP contribution in [0.1, 0.15) is 19.4 Å². The summed E-state index contributed by atoms with van der Waals surface area (Å²) in [4.78, 5) is 0. The third kappa shape index (κ3) is 3.14. The van der Waals surface area contributed by atoms with Crippen molar-refractivity contribution in [2.75, 3.05) is 11.9 Å². The lowest BCUT2D eigenvalue weighted by atomic mass is 10.1. The Bertz CT molecular complexity index is 223. The van der Waals surface area contributed by atoms with E-state index >= 15 is 0 Å². The molecule has 0 fully saturated rings. The Hall–Kier alpha value is -0.690. The Kier molecular flexibility index (Phi) is 5.56. The molecule has 1 aromatic carbocycles. The molecule has 1 rings (SSSR count). The summed E-state index contributed by atoms with van der Waals surface area (Å²) in [7, 11) is 0. The molecule has 1 N–H and O–H groups in total. The molecule has 1 nitrogen and oxygen atoms in total. The number of rotatable bonds is 3. The van der Waals surface area contributed by atoms with Crippen molar-refractivity contribution in [1.29, 1.82) is 0 Å². The first-order chi connectivity index (χ1) is 5.36. The molecule has 0 aliphatic carbocycles. The molecule has 68 valence electrons. The first-order valence-corrected chi connectivity index (χ1v) is 4.19. The molecule has 0 heterocycles. The fourth-order valence-electron chi connectivity index (χ4n) is 1.11. The van der Waals surface area contributed by atoms with E-state index in [2.05, 4.69) is 43.4 Å². The zero-order valence-electron chi connectivity index (χ0n) is 7.63. The molecule has 0 spiro atoms. The van der Waals surface area contributed by atoms with Gasteiger partial charge in [-0.3, -0.25) is 0 Å². The largest absolute Gasteiger partial charge is 0.385 e. The van der Waals surface area contributed by atoms with Crippen molar-refractivity contribution in [1.82, 2.24) is 0 Å². The average Bonchev–Trinajstić information content (AvgIpc) is 2.06. The van der Waals surface area contributed by atoms with Gasteiger partial charge in [-0.1, -0.05) is 19.1 Å². The van der Waals surface area contributed by atoms with Gasteiger partial charge in [0.1, 0.15) is 0 Å². The normalized spacial score (nSPS) is 8.83. The second-order valence-corrected chi connectivity index (χ2v) is 2.58. The predicted molar refractivity (Wildman–Crippen MR) is 57.2 cm³/mol. The van der Waals surface area contributed by atoms with Crippen LogP contribution in [-0.4, -0.2) is 6.54 Å². The SMILES string of the molecule is CCNc1cccc(CC)c1.Cl. The van der Waals surface area contributed by atoms with Crippen LogP contribution in [0.3, 0.4) is 0 Å². The van der Waals surface area contributed by atoms with Crippen LogP contribution in [0, 0.1) is 0 Å². The van der Waals surface area contributed by atoms with Gasteiger partial charge in [0, 0.05) is 12.2 Å². The molecule has 0 unspecified atom stereocenters. The molecule has 0 amide bonds. The molecule has 0 radical (unpaired) electrons. The van der Waals surface area contributed by atoms with Crippen LogP contribution < -0.4 is 5.32 Å². The van der Waals surface area contributed by atoms with Gasteiger partial charge in [-0.05, 0) is 31.0 Å². The molecule has 0 aliphatic heterocycles. The van der Waals surface area contributed by atoms with Crippen LogP contribution in [0.25, 0.3) is 0 Å². The molecule has 0 aliphatic rings. The van der Waals surface area contributed by atoms with Crippen molar-refractivity contribution in [3.63, 3.8) is 0 Å². The maximum Gasteiger partial charge on any atom is 0.0342 e. The van der Waals surface area contributed by atoms with E-state index in [0.29, 0.717) is 0 Å². The van der Waals surface area contributed by atoms with Gasteiger partial charge < -0.3 is 5.32 Å². The molecule has 0 saturated heterocycles. The number of hydrogen-bond donors (Lipinski definition) is 1. The first-order valence-electron chi connectivity index (χ1n) is 4.19. The lowest BCUT2D eigenvalue weighted by Gasteiger charge is -2.03. The van der Waals surface area contributed by atoms with E-state index in [1.165, 1.54) is 11.3 Å². The maximum atomic E-state index is 3.28. The van der Waals surface area contributed by atoms with Gasteiger partial charge in [0.15, 0.2) is 0 Å². The Morgan fingerprint density at radius 3 is 2.58 bits per heavy atom. The number of anilines is 1. The molecular formula is C10H16ClN. The van der Waals surface area contributed by atoms with Crippen LogP contribution in [-0.2, 0) is 6.42 Å². The average molecular weight is 186 g/mol. The lowest BCUT2D eigenvalue weighted by Crippen LogP contribution is -1.96. The van der Waals surface area contributed by atoms with E-state index in [-0.39, 0.29) is 12.4 Å². The van der Waals surface area contributed by atoms with Gasteiger partial charge in [-0.2, -0.15) is 0 Å². The Morgan fingerprint density at radius 2 is 2.00 bits per heavy atom. The van der Waals surface area contributed by atoms with Crippen LogP contribution in [0.15, 0.2) is 24.3 Å². The van der Waals surface area contributed by atoms with Gasteiger partial charge in [0.05, 0.1) is 0 Å². The summed E-state index contributed by atoms with van der Waals surface area (Å²) in [6.45, 7) is 5.27. The van der Waals surface area contributed by atoms with Crippen LogP contribution in [0.2, 0.25) is 0 Å². The molecule has 0 aromatic heterocycles. The van der Waals surface area contributed by atoms with Gasteiger partial charge in [-0.25, -0.2) is 0 Å². The quantitative estimate of drug-likeness (QED) is 0.763. The minimum atomic E-state index is 0. The van der Waals surface area contributed by atoms with Crippen LogP contribution >= 0.6 is 12.4 Å². The molecule has 0 bridgehead atoms. The number of halogens is 1. The van der Waals surface area contributed by atoms with Gasteiger partial charge in [0.25, 0.3) is 0 Å². The minimum absolute atomic E-state index is 0. The second kappa shape index (κ2) is 5.90. The molecule has 12 heavy (non-hydrogen) atoms. The maximum absolute atomic E-state index is 3.28. The standard InChI is InChI=1S/C10H15N.ClH/c1-3-9-6-5-7-10(8-9)11-4-2;/h5-8,11H,3-4H2,1-2H3;1H. The van der Waals surface area contributed by atoms with Gasteiger partial charge >= 0.3 is 0 Å². The van der Waals surface area contributed by atoms with Crippen LogP contribution in [0.4, 0.5) is 5.69 Å². The summed E-state index contributed by atoms with van der Waals surface area (Å²) >= 11 is 0. The van der Waals surface area contributed by atoms with E-state index < -0.39 is 0 Å². The summed E-state index contributed by atoms with van der Waals surface area (Å²) in [5.41, 5.74) is 2.62. The number of benzene rings is 1. The highest BCUT2D eigenvalue weighted by molar-refractivity contribution is 5.85. The monoisotopic (exact) mass is 185 g/mol. The van der Waals surface area contributed by atoms with Gasteiger partial charge in [-0.15, -0.1) is 12.4 Å². The molecule has 0 saturated carbocycles. The highest BCUT2D eigenvalue weighted by Gasteiger charge is 1.90. The van der Waals surface area contributed by atoms with E-state index in [1.54, 1.807) is 0 Å². The Labute approximate surface area is 80.6 Å². The third-order valence-corrected chi connectivity index (χ3v) is 1.72. The molecule has 0 atom stereocenters. The van der Waals surface area contributed by atoms with Crippen molar-refractivity contribution in [3.05, 3.63) is 29.8 Å². The highest BCUT2D eigenvalue weighted by Crippen LogP contribution is 2.10. The summed E-state index contributed by atoms with van der Waals surface area (Å²) in [6, 6.07) is 8.55. The third-order valence-electron chi connectivity index (χ3n) is 1.72. The smallest absolute Gasteiger partial charge is 0.0342 e. The lowest BCUT2D eigenvalue weighted by molar-refractivity contribution is 1.13. The van der Waals surface area contributed by atoms with Crippen molar-refractivity contribution < 1.29 is 0 Å². The molecule has 2 heteroatoms. The van der Waals surface area contributed by atoms with E-state index in [1.807, 2.05) is 0 Å². The summed E-state index contributed by atoms with van der Waals surface area (Å²) in [5, 5.41) is 3.28. The Balaban J connectivity index is 0.00000121. The fraction of sp³-hybridized carbons (Fsp3) is 0.400. The zero-order chi connectivity index (χ0) is 8.10. The van der Waals surface area contributed by atoms with E-state index in [4.69, 9.17) is 0 Å². The fourth-order valence-corrected chi connectivity index (χ4v) is 1.11. The van der Waals surface area contributed by atoms with Crippen molar-refractivity contribution in [2.24, 2.45) is 0 Å². The number of nitrogens with one attached hydrogen (secondary N) is 1. The summed E-state index contributed by atoms with van der Waals surface area (Å²) < 4.78 is 0. The zero-order valence-corrected chi connectivity index (χ0v) is 8.45. The molecule has 1 aromatic rings. The number of aryl methyl sites for hydroxylation is 1.